The number of halogens is 1. The molecular weight excluding hydrogens is 354 g/mol. The van der Waals surface area contributed by atoms with Gasteiger partial charge in [-0.15, -0.1) is 0 Å². The topological polar surface area (TPSA) is 69.7 Å². The molecular formula is C19H18ClN3O3. The molecule has 0 spiro atoms. The summed E-state index contributed by atoms with van der Waals surface area (Å²) in [6.07, 6.45) is 0. The van der Waals surface area contributed by atoms with Crippen molar-refractivity contribution in [1.29, 1.82) is 0 Å². The molecule has 1 aliphatic heterocycles. The lowest BCUT2D eigenvalue weighted by molar-refractivity contribution is -0.130. The van der Waals surface area contributed by atoms with Crippen LogP contribution in [0.2, 0.25) is 5.02 Å². The summed E-state index contributed by atoms with van der Waals surface area (Å²) in [6.45, 7) is 3.24. The van der Waals surface area contributed by atoms with Crippen molar-refractivity contribution in [1.82, 2.24) is 4.90 Å². The van der Waals surface area contributed by atoms with E-state index in [0.717, 1.165) is 10.5 Å². The first kappa shape index (κ1) is 17.9. The summed E-state index contributed by atoms with van der Waals surface area (Å²) in [4.78, 5) is 39.8. The van der Waals surface area contributed by atoms with Gasteiger partial charge < -0.3 is 5.32 Å². The lowest BCUT2D eigenvalue weighted by Gasteiger charge is -2.19. The molecule has 0 aromatic heterocycles. The Kier molecular flexibility index (Phi) is 4.95. The van der Waals surface area contributed by atoms with E-state index < -0.39 is 23.9 Å². The van der Waals surface area contributed by atoms with Gasteiger partial charge in [-0.05, 0) is 44.2 Å². The fraction of sp³-hybridized carbons (Fsp3) is 0.211. The van der Waals surface area contributed by atoms with Crippen molar-refractivity contribution in [3.63, 3.8) is 0 Å². The Balaban J connectivity index is 1.74. The van der Waals surface area contributed by atoms with Crippen molar-refractivity contribution < 1.29 is 14.4 Å². The largest absolute Gasteiger partial charge is 0.332 e. The number of anilines is 2. The molecule has 0 radical (unpaired) electrons. The SMILES string of the molecule is Cc1ccc(N2C(=O)N(CC(=O)Nc3cccc(Cl)c3)C(=O)[C@@H]2C)cc1. The molecule has 1 saturated heterocycles. The Morgan fingerprint density at radius 2 is 1.85 bits per heavy atom. The number of amides is 4. The zero-order valence-electron chi connectivity index (χ0n) is 14.4. The van der Waals surface area contributed by atoms with Gasteiger partial charge >= 0.3 is 6.03 Å². The van der Waals surface area contributed by atoms with Crippen LogP contribution in [0.3, 0.4) is 0 Å². The third-order valence-electron chi connectivity index (χ3n) is 4.17. The zero-order valence-corrected chi connectivity index (χ0v) is 15.2. The molecule has 1 fully saturated rings. The monoisotopic (exact) mass is 371 g/mol. The van der Waals surface area contributed by atoms with Crippen molar-refractivity contribution >= 4 is 40.8 Å². The van der Waals surface area contributed by atoms with Gasteiger partial charge in [0, 0.05) is 16.4 Å². The molecule has 6 nitrogen and oxygen atoms in total. The van der Waals surface area contributed by atoms with Gasteiger partial charge in [-0.2, -0.15) is 0 Å². The second-order valence-electron chi connectivity index (χ2n) is 6.15. The van der Waals surface area contributed by atoms with Gasteiger partial charge in [-0.1, -0.05) is 35.4 Å². The van der Waals surface area contributed by atoms with Crippen molar-refractivity contribution in [3.8, 4) is 0 Å². The van der Waals surface area contributed by atoms with E-state index in [2.05, 4.69) is 5.32 Å². The van der Waals surface area contributed by atoms with Crippen LogP contribution in [0.4, 0.5) is 16.2 Å². The van der Waals surface area contributed by atoms with E-state index in [0.29, 0.717) is 16.4 Å². The molecule has 0 saturated carbocycles. The molecule has 2 aromatic rings. The van der Waals surface area contributed by atoms with Crippen LogP contribution < -0.4 is 10.2 Å². The summed E-state index contributed by atoms with van der Waals surface area (Å²) >= 11 is 5.89. The molecule has 1 aliphatic rings. The van der Waals surface area contributed by atoms with E-state index in [-0.39, 0.29) is 6.54 Å². The molecule has 4 amide bonds. The average molecular weight is 372 g/mol. The number of rotatable bonds is 4. The first-order valence-corrected chi connectivity index (χ1v) is 8.51. The summed E-state index contributed by atoms with van der Waals surface area (Å²) in [6, 6.07) is 12.8. The number of hydrogen-bond acceptors (Lipinski definition) is 3. The molecule has 7 heteroatoms. The van der Waals surface area contributed by atoms with Crippen LogP contribution in [0.1, 0.15) is 12.5 Å². The molecule has 0 unspecified atom stereocenters. The summed E-state index contributed by atoms with van der Waals surface area (Å²) in [5.74, 6) is -0.872. The van der Waals surface area contributed by atoms with E-state index in [1.807, 2.05) is 19.1 Å². The maximum atomic E-state index is 12.7. The molecule has 26 heavy (non-hydrogen) atoms. The lowest BCUT2D eigenvalue weighted by Crippen LogP contribution is -2.39. The first-order chi connectivity index (χ1) is 12.4. The zero-order chi connectivity index (χ0) is 18.8. The fourth-order valence-electron chi connectivity index (χ4n) is 2.82. The van der Waals surface area contributed by atoms with Crippen LogP contribution in [-0.2, 0) is 9.59 Å². The number of nitrogens with zero attached hydrogens (tertiary/aromatic N) is 2. The quantitative estimate of drug-likeness (QED) is 0.837. The Morgan fingerprint density at radius 1 is 1.15 bits per heavy atom. The van der Waals surface area contributed by atoms with E-state index >= 15 is 0 Å². The number of aryl methyl sites for hydroxylation is 1. The Bertz CT molecular complexity index is 867. The van der Waals surface area contributed by atoms with E-state index in [1.165, 1.54) is 4.90 Å². The maximum absolute atomic E-state index is 12.7. The van der Waals surface area contributed by atoms with Crippen molar-refractivity contribution in [2.75, 3.05) is 16.8 Å². The molecule has 1 heterocycles. The van der Waals surface area contributed by atoms with Gasteiger partial charge in [0.2, 0.25) is 5.91 Å². The van der Waals surface area contributed by atoms with E-state index in [4.69, 9.17) is 11.6 Å². The predicted octanol–water partition coefficient (Wildman–Crippen LogP) is 3.44. The van der Waals surface area contributed by atoms with Crippen LogP contribution in [0, 0.1) is 6.92 Å². The number of carbonyl (C=O) groups is 3. The highest BCUT2D eigenvalue weighted by Crippen LogP contribution is 2.26. The molecule has 1 N–H and O–H groups in total. The highest BCUT2D eigenvalue weighted by atomic mass is 35.5. The van der Waals surface area contributed by atoms with Crippen LogP contribution in [-0.4, -0.2) is 35.3 Å². The first-order valence-electron chi connectivity index (χ1n) is 8.13. The lowest BCUT2D eigenvalue weighted by atomic mass is 10.2. The summed E-state index contributed by atoms with van der Waals surface area (Å²) in [5, 5.41) is 3.12. The Labute approximate surface area is 156 Å². The molecule has 0 bridgehead atoms. The summed E-state index contributed by atoms with van der Waals surface area (Å²) < 4.78 is 0. The van der Waals surface area contributed by atoms with Gasteiger partial charge in [0.1, 0.15) is 12.6 Å². The highest BCUT2D eigenvalue weighted by Gasteiger charge is 2.43. The van der Waals surface area contributed by atoms with Crippen molar-refractivity contribution in [2.45, 2.75) is 19.9 Å². The fourth-order valence-corrected chi connectivity index (χ4v) is 3.01. The van der Waals surface area contributed by atoms with Gasteiger partial charge in [-0.25, -0.2) is 4.79 Å². The minimum atomic E-state index is -0.663. The molecule has 134 valence electrons. The molecule has 2 aromatic carbocycles. The van der Waals surface area contributed by atoms with Gasteiger partial charge in [0.15, 0.2) is 0 Å². The van der Waals surface area contributed by atoms with Gasteiger partial charge in [0.25, 0.3) is 5.91 Å². The maximum Gasteiger partial charge on any atom is 0.332 e. The predicted molar refractivity (Wildman–Crippen MR) is 100 cm³/mol. The highest BCUT2D eigenvalue weighted by molar-refractivity contribution is 6.30. The Morgan fingerprint density at radius 3 is 2.50 bits per heavy atom. The van der Waals surface area contributed by atoms with Gasteiger partial charge in [-0.3, -0.25) is 19.4 Å². The number of imide groups is 1. The number of urea groups is 1. The second kappa shape index (κ2) is 7.17. The normalized spacial score (nSPS) is 17.0. The van der Waals surface area contributed by atoms with Crippen LogP contribution in [0.15, 0.2) is 48.5 Å². The number of nitrogens with one attached hydrogen (secondary N) is 1. The molecule has 0 aliphatic carbocycles. The Hall–Kier alpha value is -2.86. The van der Waals surface area contributed by atoms with Crippen LogP contribution in [0.5, 0.6) is 0 Å². The standard InChI is InChI=1S/C19H18ClN3O3/c1-12-6-8-16(9-7-12)23-13(2)18(25)22(19(23)26)11-17(24)21-15-5-3-4-14(20)10-15/h3-10,13H,11H2,1-2H3,(H,21,24)/t13-/m0/s1. The van der Waals surface area contributed by atoms with E-state index in [9.17, 15) is 14.4 Å². The summed E-state index contributed by atoms with van der Waals surface area (Å²) in [5.41, 5.74) is 2.18. The average Bonchev–Trinajstić information content (AvgIpc) is 2.80. The minimum Gasteiger partial charge on any atom is -0.324 e. The molecule has 1 atom stereocenters. The van der Waals surface area contributed by atoms with Crippen molar-refractivity contribution in [3.05, 3.63) is 59.1 Å². The minimum absolute atomic E-state index is 0.350. The smallest absolute Gasteiger partial charge is 0.324 e. The number of hydrogen-bond donors (Lipinski definition) is 1. The van der Waals surface area contributed by atoms with Crippen molar-refractivity contribution in [2.24, 2.45) is 0 Å². The summed E-state index contributed by atoms with van der Waals surface area (Å²) in [7, 11) is 0. The molecule has 3 rings (SSSR count). The van der Waals surface area contributed by atoms with Crippen LogP contribution >= 0.6 is 11.6 Å². The second-order valence-corrected chi connectivity index (χ2v) is 6.58. The number of carbonyl (C=O) groups excluding carboxylic acids is 3. The van der Waals surface area contributed by atoms with Crippen LogP contribution in [0.25, 0.3) is 0 Å². The van der Waals surface area contributed by atoms with E-state index in [1.54, 1.807) is 43.3 Å². The van der Waals surface area contributed by atoms with Gasteiger partial charge in [0.05, 0.1) is 0 Å². The third-order valence-corrected chi connectivity index (χ3v) is 4.41. The third kappa shape index (κ3) is 3.55. The number of benzene rings is 2.